The summed E-state index contributed by atoms with van der Waals surface area (Å²) in [6.07, 6.45) is 1.16. The molecular formula is C13H19NO. The summed E-state index contributed by atoms with van der Waals surface area (Å²) >= 11 is 0. The first-order valence-corrected chi connectivity index (χ1v) is 5.64. The Bertz CT molecular complexity index is 316. The summed E-state index contributed by atoms with van der Waals surface area (Å²) in [6, 6.07) is 8.62. The van der Waals surface area contributed by atoms with Crippen LogP contribution in [0, 0.1) is 12.8 Å². The Kier molecular flexibility index (Phi) is 3.39. The second-order valence-electron chi connectivity index (χ2n) is 4.53. The molecule has 1 fully saturated rings. The zero-order chi connectivity index (χ0) is 10.7. The number of rotatable bonds is 2. The Morgan fingerprint density at radius 2 is 2.33 bits per heavy atom. The van der Waals surface area contributed by atoms with E-state index >= 15 is 0 Å². The molecule has 1 aromatic carbocycles. The minimum atomic E-state index is 0.197. The molecule has 15 heavy (non-hydrogen) atoms. The number of hydrogen-bond acceptors (Lipinski definition) is 2. The average Bonchev–Trinajstić information content (AvgIpc) is 2.22. The van der Waals surface area contributed by atoms with E-state index in [4.69, 9.17) is 4.74 Å². The van der Waals surface area contributed by atoms with Gasteiger partial charge in [-0.05, 0) is 18.4 Å². The van der Waals surface area contributed by atoms with E-state index in [0.29, 0.717) is 5.92 Å². The highest BCUT2D eigenvalue weighted by Gasteiger charge is 2.17. The van der Waals surface area contributed by atoms with E-state index in [1.807, 2.05) is 0 Å². The standard InChI is InChI=1S/C13H19NO/c1-10-4-3-5-12(6-10)7-13-14-8-11(2)9-15-13/h3-6,11,13-14H,7-9H2,1-2H3. The van der Waals surface area contributed by atoms with Gasteiger partial charge in [0.05, 0.1) is 6.61 Å². The van der Waals surface area contributed by atoms with Gasteiger partial charge in [-0.15, -0.1) is 0 Å². The third-order valence-electron chi connectivity index (χ3n) is 2.78. The molecule has 0 aliphatic carbocycles. The van der Waals surface area contributed by atoms with Gasteiger partial charge in [0.2, 0.25) is 0 Å². The third kappa shape index (κ3) is 3.05. The van der Waals surface area contributed by atoms with Gasteiger partial charge in [0.15, 0.2) is 0 Å². The van der Waals surface area contributed by atoms with Crippen LogP contribution in [-0.4, -0.2) is 19.4 Å². The summed E-state index contributed by atoms with van der Waals surface area (Å²) in [4.78, 5) is 0. The summed E-state index contributed by atoms with van der Waals surface area (Å²) in [6.45, 7) is 6.27. The molecule has 2 atom stereocenters. The van der Waals surface area contributed by atoms with Gasteiger partial charge in [-0.1, -0.05) is 36.8 Å². The molecule has 1 saturated heterocycles. The fraction of sp³-hybridized carbons (Fsp3) is 0.538. The van der Waals surface area contributed by atoms with Crippen LogP contribution in [0.15, 0.2) is 24.3 Å². The molecule has 0 radical (unpaired) electrons. The van der Waals surface area contributed by atoms with Crippen molar-refractivity contribution in [3.63, 3.8) is 0 Å². The monoisotopic (exact) mass is 205 g/mol. The molecule has 2 unspecified atom stereocenters. The summed E-state index contributed by atoms with van der Waals surface area (Å²) in [5.74, 6) is 0.638. The van der Waals surface area contributed by atoms with Crippen LogP contribution >= 0.6 is 0 Å². The van der Waals surface area contributed by atoms with E-state index < -0.39 is 0 Å². The highest BCUT2D eigenvalue weighted by Crippen LogP contribution is 2.11. The molecule has 82 valence electrons. The number of hydrogen-bond donors (Lipinski definition) is 1. The zero-order valence-electron chi connectivity index (χ0n) is 9.49. The first-order chi connectivity index (χ1) is 7.24. The molecule has 2 heteroatoms. The maximum atomic E-state index is 5.72. The van der Waals surface area contributed by atoms with Crippen LogP contribution < -0.4 is 5.32 Å². The Morgan fingerprint density at radius 3 is 3.00 bits per heavy atom. The fourth-order valence-corrected chi connectivity index (χ4v) is 1.92. The topological polar surface area (TPSA) is 21.3 Å². The highest BCUT2D eigenvalue weighted by atomic mass is 16.5. The molecule has 2 nitrogen and oxygen atoms in total. The van der Waals surface area contributed by atoms with Crippen LogP contribution in [0.1, 0.15) is 18.1 Å². The first-order valence-electron chi connectivity index (χ1n) is 5.64. The first kappa shape index (κ1) is 10.7. The molecule has 0 aromatic heterocycles. The van der Waals surface area contributed by atoms with Crippen molar-refractivity contribution < 1.29 is 4.74 Å². The molecule has 1 aromatic rings. The minimum absolute atomic E-state index is 0.197. The Labute approximate surface area is 91.6 Å². The normalized spacial score (nSPS) is 26.5. The van der Waals surface area contributed by atoms with Gasteiger partial charge in [-0.2, -0.15) is 0 Å². The van der Waals surface area contributed by atoms with Crippen molar-refractivity contribution in [1.82, 2.24) is 5.32 Å². The van der Waals surface area contributed by atoms with Crippen molar-refractivity contribution in [3.8, 4) is 0 Å². The summed E-state index contributed by atoms with van der Waals surface area (Å²) < 4.78 is 5.72. The lowest BCUT2D eigenvalue weighted by molar-refractivity contribution is -0.0228. The summed E-state index contributed by atoms with van der Waals surface area (Å²) in [5.41, 5.74) is 2.67. The van der Waals surface area contributed by atoms with Gasteiger partial charge in [0.25, 0.3) is 0 Å². The van der Waals surface area contributed by atoms with Crippen LogP contribution in [0.3, 0.4) is 0 Å². The van der Waals surface area contributed by atoms with E-state index in [2.05, 4.69) is 43.4 Å². The second kappa shape index (κ2) is 4.77. The van der Waals surface area contributed by atoms with Gasteiger partial charge in [-0.3, -0.25) is 5.32 Å². The molecule has 0 spiro atoms. The van der Waals surface area contributed by atoms with Gasteiger partial charge < -0.3 is 4.74 Å². The molecule has 1 heterocycles. The lowest BCUT2D eigenvalue weighted by Crippen LogP contribution is -2.43. The predicted octanol–water partition coefficient (Wildman–Crippen LogP) is 2.12. The molecule has 2 rings (SSSR count). The molecule has 0 amide bonds. The predicted molar refractivity (Wildman–Crippen MR) is 61.8 cm³/mol. The van der Waals surface area contributed by atoms with Crippen molar-refractivity contribution in [2.45, 2.75) is 26.5 Å². The van der Waals surface area contributed by atoms with Crippen molar-refractivity contribution in [1.29, 1.82) is 0 Å². The molecule has 1 aliphatic rings. The Balaban J connectivity index is 1.92. The molecule has 1 aliphatic heterocycles. The SMILES string of the molecule is Cc1cccc(CC2NCC(C)CO2)c1. The smallest absolute Gasteiger partial charge is 0.112 e. The summed E-state index contributed by atoms with van der Waals surface area (Å²) in [7, 11) is 0. The van der Waals surface area contributed by atoms with Gasteiger partial charge >= 0.3 is 0 Å². The van der Waals surface area contributed by atoms with Crippen LogP contribution in [0.5, 0.6) is 0 Å². The van der Waals surface area contributed by atoms with E-state index in [1.165, 1.54) is 11.1 Å². The lowest BCUT2D eigenvalue weighted by atomic mass is 10.1. The van der Waals surface area contributed by atoms with Crippen LogP contribution in [0.4, 0.5) is 0 Å². The third-order valence-corrected chi connectivity index (χ3v) is 2.78. The number of benzene rings is 1. The van der Waals surface area contributed by atoms with Crippen molar-refractivity contribution in [3.05, 3.63) is 35.4 Å². The van der Waals surface area contributed by atoms with E-state index in [9.17, 15) is 0 Å². The number of aryl methyl sites for hydroxylation is 1. The van der Waals surface area contributed by atoms with E-state index in [-0.39, 0.29) is 6.23 Å². The second-order valence-corrected chi connectivity index (χ2v) is 4.53. The highest BCUT2D eigenvalue weighted by molar-refractivity contribution is 5.22. The van der Waals surface area contributed by atoms with Crippen LogP contribution in [0.2, 0.25) is 0 Å². The Morgan fingerprint density at radius 1 is 1.47 bits per heavy atom. The van der Waals surface area contributed by atoms with Crippen molar-refractivity contribution in [2.75, 3.05) is 13.2 Å². The average molecular weight is 205 g/mol. The maximum Gasteiger partial charge on any atom is 0.112 e. The fourth-order valence-electron chi connectivity index (χ4n) is 1.92. The van der Waals surface area contributed by atoms with Crippen LogP contribution in [0.25, 0.3) is 0 Å². The quantitative estimate of drug-likeness (QED) is 0.798. The van der Waals surface area contributed by atoms with Gasteiger partial charge in [-0.25, -0.2) is 0 Å². The number of nitrogens with one attached hydrogen (secondary N) is 1. The zero-order valence-corrected chi connectivity index (χ0v) is 9.49. The van der Waals surface area contributed by atoms with Gasteiger partial charge in [0.1, 0.15) is 6.23 Å². The lowest BCUT2D eigenvalue weighted by Gasteiger charge is -2.28. The largest absolute Gasteiger partial charge is 0.363 e. The van der Waals surface area contributed by atoms with E-state index in [0.717, 1.165) is 19.6 Å². The molecule has 1 N–H and O–H groups in total. The molecule has 0 bridgehead atoms. The molecule has 0 saturated carbocycles. The van der Waals surface area contributed by atoms with E-state index in [1.54, 1.807) is 0 Å². The molecular weight excluding hydrogens is 186 g/mol. The van der Waals surface area contributed by atoms with Gasteiger partial charge in [0, 0.05) is 13.0 Å². The summed E-state index contributed by atoms with van der Waals surface area (Å²) in [5, 5.41) is 3.41. The number of ether oxygens (including phenoxy) is 1. The van der Waals surface area contributed by atoms with Crippen LogP contribution in [-0.2, 0) is 11.2 Å². The Hall–Kier alpha value is -0.860. The minimum Gasteiger partial charge on any atom is -0.363 e. The maximum absolute atomic E-state index is 5.72. The van der Waals surface area contributed by atoms with Crippen molar-refractivity contribution in [2.24, 2.45) is 5.92 Å². The van der Waals surface area contributed by atoms with Crippen molar-refractivity contribution >= 4 is 0 Å².